The molecule has 0 heterocycles. The molecule has 0 bridgehead atoms. The van der Waals surface area contributed by atoms with Crippen LogP contribution in [-0.4, -0.2) is 34.4 Å². The predicted octanol–water partition coefficient (Wildman–Crippen LogP) is 1.12. The molecule has 0 aromatic carbocycles. The third-order valence-electron chi connectivity index (χ3n) is 0.672. The number of aliphatic hydroxyl groups is 2. The lowest BCUT2D eigenvalue weighted by Crippen LogP contribution is -2.03. The molecule has 0 spiro atoms. The molecule has 64 valence electrons. The Labute approximate surface area is 67.6 Å². The van der Waals surface area contributed by atoms with Crippen LogP contribution in [0.3, 0.4) is 0 Å². The zero-order chi connectivity index (χ0) is 8.41. The minimum absolute atomic E-state index is 0.139. The quantitative estimate of drug-likeness (QED) is 0.660. The van der Waals surface area contributed by atoms with Crippen molar-refractivity contribution < 1.29 is 10.2 Å². The Hall–Kier alpha value is 0.270. The minimum atomic E-state index is -0.560. The molecule has 1 unspecified atom stereocenters. The third-order valence-corrected chi connectivity index (χ3v) is 1.49. The Bertz CT molecular complexity index is 46.9. The second kappa shape index (κ2) is 12.0. The molecule has 0 rings (SSSR count). The van der Waals surface area contributed by atoms with Crippen molar-refractivity contribution in [3.63, 3.8) is 0 Å². The van der Waals surface area contributed by atoms with Gasteiger partial charge in [0.25, 0.3) is 0 Å². The highest BCUT2D eigenvalue weighted by Crippen LogP contribution is 1.93. The molecule has 0 saturated heterocycles. The van der Waals surface area contributed by atoms with Crippen molar-refractivity contribution >= 4 is 11.8 Å². The lowest BCUT2D eigenvalue weighted by molar-refractivity contribution is 0.110. The highest BCUT2D eigenvalue weighted by atomic mass is 32.2. The maximum atomic E-state index is 8.11. The van der Waals surface area contributed by atoms with Crippen LogP contribution in [0.1, 0.15) is 20.8 Å². The second-order valence-corrected chi connectivity index (χ2v) is 3.38. The number of aliphatic hydroxyl groups excluding tert-OH is 2. The molecule has 2 nitrogen and oxygen atoms in total. The van der Waals surface area contributed by atoms with Crippen molar-refractivity contribution in [3.05, 3.63) is 0 Å². The molecule has 1 atom stereocenters. The summed E-state index contributed by atoms with van der Waals surface area (Å²) < 4.78 is 0. The standard InChI is InChI=1S/C4H10S.C3H8O2/c1-3-5-4-2;1-3(5)2-4/h3-4H2,1-2H3;3-5H,2H2,1H3. The summed E-state index contributed by atoms with van der Waals surface area (Å²) in [7, 11) is 0. The van der Waals surface area contributed by atoms with Gasteiger partial charge in [0.05, 0.1) is 12.7 Å². The van der Waals surface area contributed by atoms with Gasteiger partial charge in [0, 0.05) is 0 Å². The van der Waals surface area contributed by atoms with Gasteiger partial charge >= 0.3 is 0 Å². The molecule has 0 aliphatic rings. The molecule has 0 saturated carbocycles. The number of rotatable bonds is 3. The first-order valence-corrected chi connectivity index (χ1v) is 4.71. The van der Waals surface area contributed by atoms with Crippen LogP contribution in [0, 0.1) is 0 Å². The lowest BCUT2D eigenvalue weighted by Gasteiger charge is -1.90. The van der Waals surface area contributed by atoms with Crippen molar-refractivity contribution in [3.8, 4) is 0 Å². The minimum Gasteiger partial charge on any atom is -0.394 e. The zero-order valence-electron chi connectivity index (χ0n) is 7.00. The summed E-state index contributed by atoms with van der Waals surface area (Å²) >= 11 is 1.96. The van der Waals surface area contributed by atoms with E-state index >= 15 is 0 Å². The van der Waals surface area contributed by atoms with Crippen molar-refractivity contribution in [2.45, 2.75) is 26.9 Å². The van der Waals surface area contributed by atoms with Crippen LogP contribution >= 0.6 is 11.8 Å². The van der Waals surface area contributed by atoms with Gasteiger partial charge in [0.2, 0.25) is 0 Å². The molecule has 2 N–H and O–H groups in total. The van der Waals surface area contributed by atoms with Crippen LogP contribution in [-0.2, 0) is 0 Å². The number of hydrogen-bond donors (Lipinski definition) is 2. The summed E-state index contributed by atoms with van der Waals surface area (Å²) in [5, 5.41) is 16.0. The van der Waals surface area contributed by atoms with E-state index in [1.165, 1.54) is 18.4 Å². The van der Waals surface area contributed by atoms with Gasteiger partial charge < -0.3 is 10.2 Å². The largest absolute Gasteiger partial charge is 0.394 e. The molecular weight excluding hydrogens is 148 g/mol. The Balaban J connectivity index is 0. The first-order chi connectivity index (χ1) is 4.68. The van der Waals surface area contributed by atoms with Crippen molar-refractivity contribution in [2.75, 3.05) is 18.1 Å². The van der Waals surface area contributed by atoms with Gasteiger partial charge in [-0.15, -0.1) is 0 Å². The number of hydrogen-bond acceptors (Lipinski definition) is 3. The molecule has 3 heteroatoms. The summed E-state index contributed by atoms with van der Waals surface area (Å²) in [6.07, 6.45) is -0.560. The predicted molar refractivity (Wildman–Crippen MR) is 47.4 cm³/mol. The highest BCUT2D eigenvalue weighted by Gasteiger charge is 1.83. The van der Waals surface area contributed by atoms with E-state index in [1.54, 1.807) is 0 Å². The van der Waals surface area contributed by atoms with Gasteiger partial charge in [-0.2, -0.15) is 11.8 Å². The Morgan fingerprint density at radius 2 is 1.60 bits per heavy atom. The monoisotopic (exact) mass is 166 g/mol. The summed E-state index contributed by atoms with van der Waals surface area (Å²) in [5.41, 5.74) is 0. The average Bonchev–Trinajstić information content (AvgIpc) is 1.91. The van der Waals surface area contributed by atoms with Crippen molar-refractivity contribution in [1.82, 2.24) is 0 Å². The molecule has 0 aliphatic heterocycles. The highest BCUT2D eigenvalue weighted by molar-refractivity contribution is 7.99. The summed E-state index contributed by atoms with van der Waals surface area (Å²) in [5.74, 6) is 2.52. The van der Waals surface area contributed by atoms with Crippen molar-refractivity contribution in [2.24, 2.45) is 0 Å². The van der Waals surface area contributed by atoms with Crippen LogP contribution in [0.25, 0.3) is 0 Å². The van der Waals surface area contributed by atoms with Gasteiger partial charge in [-0.25, -0.2) is 0 Å². The summed E-state index contributed by atoms with van der Waals surface area (Å²) in [4.78, 5) is 0. The molecule has 0 fully saturated rings. The zero-order valence-corrected chi connectivity index (χ0v) is 7.82. The summed E-state index contributed by atoms with van der Waals surface area (Å²) in [6, 6.07) is 0. The van der Waals surface area contributed by atoms with Gasteiger partial charge in [-0.05, 0) is 18.4 Å². The van der Waals surface area contributed by atoms with E-state index in [9.17, 15) is 0 Å². The first kappa shape index (κ1) is 12.9. The fourth-order valence-corrected chi connectivity index (χ4v) is 0.612. The summed E-state index contributed by atoms with van der Waals surface area (Å²) in [6.45, 7) is 5.74. The molecule has 10 heavy (non-hydrogen) atoms. The molecule has 0 radical (unpaired) electrons. The molecule has 0 amide bonds. The Kier molecular flexibility index (Phi) is 15.5. The maximum Gasteiger partial charge on any atom is 0.0742 e. The molecular formula is C7H18O2S. The van der Waals surface area contributed by atoms with E-state index in [0.717, 1.165) is 0 Å². The van der Waals surface area contributed by atoms with Gasteiger partial charge in [-0.1, -0.05) is 13.8 Å². The topological polar surface area (TPSA) is 40.5 Å². The molecule has 0 aliphatic carbocycles. The van der Waals surface area contributed by atoms with Crippen LogP contribution in [0.5, 0.6) is 0 Å². The third kappa shape index (κ3) is 24.0. The lowest BCUT2D eigenvalue weighted by atomic mass is 10.5. The van der Waals surface area contributed by atoms with Crippen LogP contribution in [0.15, 0.2) is 0 Å². The van der Waals surface area contributed by atoms with Crippen LogP contribution in [0.2, 0.25) is 0 Å². The van der Waals surface area contributed by atoms with E-state index in [-0.39, 0.29) is 6.61 Å². The van der Waals surface area contributed by atoms with Gasteiger partial charge in [-0.3, -0.25) is 0 Å². The molecule has 0 aromatic heterocycles. The van der Waals surface area contributed by atoms with E-state index < -0.39 is 6.10 Å². The average molecular weight is 166 g/mol. The van der Waals surface area contributed by atoms with E-state index in [1.807, 2.05) is 11.8 Å². The van der Waals surface area contributed by atoms with Crippen molar-refractivity contribution in [1.29, 1.82) is 0 Å². The fraction of sp³-hybridized carbons (Fsp3) is 1.00. The van der Waals surface area contributed by atoms with Crippen LogP contribution < -0.4 is 0 Å². The smallest absolute Gasteiger partial charge is 0.0742 e. The van der Waals surface area contributed by atoms with E-state index in [4.69, 9.17) is 10.2 Å². The Morgan fingerprint density at radius 1 is 1.30 bits per heavy atom. The molecule has 0 aromatic rings. The van der Waals surface area contributed by atoms with Gasteiger partial charge in [0.1, 0.15) is 0 Å². The normalized spacial score (nSPS) is 11.7. The Morgan fingerprint density at radius 3 is 1.60 bits per heavy atom. The first-order valence-electron chi connectivity index (χ1n) is 3.55. The van der Waals surface area contributed by atoms with Gasteiger partial charge in [0.15, 0.2) is 0 Å². The van der Waals surface area contributed by atoms with E-state index in [0.29, 0.717) is 0 Å². The van der Waals surface area contributed by atoms with Crippen LogP contribution in [0.4, 0.5) is 0 Å². The number of thioether (sulfide) groups is 1. The van der Waals surface area contributed by atoms with E-state index in [2.05, 4.69) is 13.8 Å². The maximum absolute atomic E-state index is 8.11. The second-order valence-electron chi connectivity index (χ2n) is 1.81. The SMILES string of the molecule is CC(O)CO.CCSCC. The fourth-order valence-electron chi connectivity index (χ4n) is 0.204.